The van der Waals surface area contributed by atoms with Gasteiger partial charge in [0.25, 0.3) is 0 Å². The fraction of sp³-hybridized carbons (Fsp3) is 0.786. The van der Waals surface area contributed by atoms with Gasteiger partial charge in [0.1, 0.15) is 0 Å². The molecular formula is C14H23N3O2S. The second-order valence-corrected chi connectivity index (χ2v) is 6.76. The van der Waals surface area contributed by atoms with Crippen molar-refractivity contribution in [2.24, 2.45) is 11.8 Å². The highest BCUT2D eigenvalue weighted by Crippen LogP contribution is 2.30. The number of carbonyl (C=O) groups is 1. The first-order valence-electron chi connectivity index (χ1n) is 7.29. The quantitative estimate of drug-likeness (QED) is 0.874. The van der Waals surface area contributed by atoms with E-state index >= 15 is 0 Å². The first-order valence-corrected chi connectivity index (χ1v) is 8.06. The van der Waals surface area contributed by atoms with Gasteiger partial charge in [-0.2, -0.15) is 0 Å². The molecular weight excluding hydrogens is 274 g/mol. The van der Waals surface area contributed by atoms with E-state index < -0.39 is 5.97 Å². The third-order valence-electron chi connectivity index (χ3n) is 3.99. The number of rotatable bonds is 6. The number of carboxylic acids is 1. The molecule has 2 rings (SSSR count). The Morgan fingerprint density at radius 3 is 2.85 bits per heavy atom. The zero-order valence-electron chi connectivity index (χ0n) is 12.4. The molecule has 0 spiro atoms. The van der Waals surface area contributed by atoms with Gasteiger partial charge in [0.05, 0.1) is 16.5 Å². The van der Waals surface area contributed by atoms with E-state index in [1.807, 2.05) is 0 Å². The van der Waals surface area contributed by atoms with Crippen LogP contribution in [-0.2, 0) is 11.3 Å². The monoisotopic (exact) mass is 297 g/mol. The van der Waals surface area contributed by atoms with Gasteiger partial charge in [-0.3, -0.25) is 9.69 Å². The fourth-order valence-corrected chi connectivity index (χ4v) is 3.84. The van der Waals surface area contributed by atoms with Gasteiger partial charge >= 0.3 is 5.97 Å². The lowest BCUT2D eigenvalue weighted by atomic mass is 9.92. The van der Waals surface area contributed by atoms with E-state index in [0.29, 0.717) is 12.5 Å². The first-order chi connectivity index (χ1) is 9.52. The molecule has 0 saturated carbocycles. The topological polar surface area (TPSA) is 66.3 Å². The molecule has 1 saturated heterocycles. The molecule has 20 heavy (non-hydrogen) atoms. The zero-order chi connectivity index (χ0) is 14.7. The van der Waals surface area contributed by atoms with Gasteiger partial charge in [-0.25, -0.2) is 0 Å². The number of hydrogen-bond donors (Lipinski definition) is 1. The van der Waals surface area contributed by atoms with Crippen molar-refractivity contribution in [1.29, 1.82) is 0 Å². The number of aromatic nitrogens is 2. The minimum absolute atomic E-state index is 0.224. The Kier molecular flexibility index (Phi) is 5.10. The molecule has 0 amide bonds. The summed E-state index contributed by atoms with van der Waals surface area (Å²) in [5.74, 6) is -0.232. The van der Waals surface area contributed by atoms with Gasteiger partial charge in [-0.1, -0.05) is 31.7 Å². The molecule has 1 fully saturated rings. The average molecular weight is 297 g/mol. The normalized spacial score (nSPS) is 23.6. The van der Waals surface area contributed by atoms with Crippen molar-refractivity contribution in [2.75, 3.05) is 13.1 Å². The Hall–Kier alpha value is -1.01. The van der Waals surface area contributed by atoms with Crippen molar-refractivity contribution in [3.63, 3.8) is 0 Å². The van der Waals surface area contributed by atoms with Crippen LogP contribution in [0.4, 0.5) is 0 Å². The maximum Gasteiger partial charge on any atom is 0.308 e. The largest absolute Gasteiger partial charge is 0.481 e. The van der Waals surface area contributed by atoms with E-state index in [1.54, 1.807) is 0 Å². The summed E-state index contributed by atoms with van der Waals surface area (Å²) in [6.45, 7) is 8.66. The van der Waals surface area contributed by atoms with E-state index in [-0.39, 0.29) is 11.8 Å². The van der Waals surface area contributed by atoms with Gasteiger partial charge in [-0.15, -0.1) is 5.10 Å². The lowest BCUT2D eigenvalue weighted by Gasteiger charge is -2.15. The fourth-order valence-electron chi connectivity index (χ4n) is 3.00. The second kappa shape index (κ2) is 6.63. The molecule has 5 nitrogen and oxygen atoms in total. The van der Waals surface area contributed by atoms with Crippen LogP contribution in [0, 0.1) is 11.8 Å². The third-order valence-corrected chi connectivity index (χ3v) is 4.71. The highest BCUT2D eigenvalue weighted by molar-refractivity contribution is 7.05. The third kappa shape index (κ3) is 3.35. The number of carboxylic acid groups (broad SMARTS) is 1. The highest BCUT2D eigenvalue weighted by Gasteiger charge is 2.37. The van der Waals surface area contributed by atoms with E-state index in [1.165, 1.54) is 16.4 Å². The van der Waals surface area contributed by atoms with E-state index in [9.17, 15) is 9.90 Å². The minimum Gasteiger partial charge on any atom is -0.481 e. The SMILES string of the molecule is CCC[C@H]1CN(Cc2snnc2C(C)C)C[C@@H]1C(=O)O. The summed E-state index contributed by atoms with van der Waals surface area (Å²) in [4.78, 5) is 14.8. The number of hydrogen-bond acceptors (Lipinski definition) is 5. The maximum atomic E-state index is 11.4. The van der Waals surface area contributed by atoms with Gasteiger partial charge in [0.15, 0.2) is 0 Å². The van der Waals surface area contributed by atoms with Crippen molar-refractivity contribution in [2.45, 2.75) is 46.1 Å². The summed E-state index contributed by atoms with van der Waals surface area (Å²) >= 11 is 1.44. The van der Waals surface area contributed by atoms with Crippen LogP contribution in [-0.4, -0.2) is 38.7 Å². The molecule has 1 aromatic heterocycles. The Bertz CT molecular complexity index is 461. The standard InChI is InChI=1S/C14H23N3O2S/c1-4-5-10-6-17(7-11(10)14(18)19)8-12-13(9(2)3)15-16-20-12/h9-11H,4-8H2,1-3H3,(H,18,19)/t10-,11-/m0/s1. The van der Waals surface area contributed by atoms with E-state index in [4.69, 9.17) is 0 Å². The van der Waals surface area contributed by atoms with Crippen molar-refractivity contribution in [3.05, 3.63) is 10.6 Å². The average Bonchev–Trinajstić information content (AvgIpc) is 2.97. The van der Waals surface area contributed by atoms with Crippen molar-refractivity contribution < 1.29 is 9.90 Å². The van der Waals surface area contributed by atoms with Gasteiger partial charge < -0.3 is 5.11 Å². The molecule has 0 aromatic carbocycles. The second-order valence-electron chi connectivity index (χ2n) is 5.92. The minimum atomic E-state index is -0.655. The van der Waals surface area contributed by atoms with Crippen LogP contribution in [0.1, 0.15) is 50.1 Å². The molecule has 2 heterocycles. The summed E-state index contributed by atoms with van der Waals surface area (Å²) in [5, 5.41) is 13.5. The number of nitrogens with zero attached hydrogens (tertiary/aromatic N) is 3. The lowest BCUT2D eigenvalue weighted by molar-refractivity contribution is -0.142. The zero-order valence-corrected chi connectivity index (χ0v) is 13.2. The van der Waals surface area contributed by atoms with Crippen LogP contribution in [0.25, 0.3) is 0 Å². The lowest BCUT2D eigenvalue weighted by Crippen LogP contribution is -2.23. The summed E-state index contributed by atoms with van der Waals surface area (Å²) in [6, 6.07) is 0. The van der Waals surface area contributed by atoms with Gasteiger partial charge in [0, 0.05) is 19.6 Å². The van der Waals surface area contributed by atoms with Crippen LogP contribution in [0.5, 0.6) is 0 Å². The van der Waals surface area contributed by atoms with Crippen molar-refractivity contribution >= 4 is 17.5 Å². The number of likely N-dealkylation sites (tertiary alicyclic amines) is 1. The van der Waals surface area contributed by atoms with Crippen molar-refractivity contribution in [3.8, 4) is 0 Å². The van der Waals surface area contributed by atoms with Gasteiger partial charge in [-0.05, 0) is 29.8 Å². The molecule has 1 aromatic rings. The van der Waals surface area contributed by atoms with Crippen LogP contribution in [0.2, 0.25) is 0 Å². The Morgan fingerprint density at radius 2 is 2.25 bits per heavy atom. The molecule has 0 radical (unpaired) electrons. The Morgan fingerprint density at radius 1 is 1.50 bits per heavy atom. The molecule has 1 aliphatic heterocycles. The summed E-state index contributed by atoms with van der Waals surface area (Å²) in [7, 11) is 0. The predicted molar refractivity (Wildman–Crippen MR) is 78.8 cm³/mol. The Balaban J connectivity index is 2.04. The number of aliphatic carboxylic acids is 1. The smallest absolute Gasteiger partial charge is 0.308 e. The Labute approximate surface area is 124 Å². The highest BCUT2D eigenvalue weighted by atomic mass is 32.1. The molecule has 1 N–H and O–H groups in total. The first kappa shape index (κ1) is 15.4. The molecule has 0 unspecified atom stereocenters. The van der Waals surface area contributed by atoms with Crippen LogP contribution < -0.4 is 0 Å². The molecule has 0 bridgehead atoms. The van der Waals surface area contributed by atoms with Crippen LogP contribution in [0.15, 0.2) is 0 Å². The molecule has 1 aliphatic rings. The summed E-state index contributed by atoms with van der Waals surface area (Å²) in [5.41, 5.74) is 1.06. The molecule has 6 heteroatoms. The maximum absolute atomic E-state index is 11.4. The predicted octanol–water partition coefficient (Wildman–Crippen LogP) is 2.59. The van der Waals surface area contributed by atoms with Gasteiger partial charge in [0.2, 0.25) is 0 Å². The van der Waals surface area contributed by atoms with E-state index in [2.05, 4.69) is 35.3 Å². The molecule has 2 atom stereocenters. The molecule has 0 aliphatic carbocycles. The summed E-state index contributed by atoms with van der Waals surface area (Å²) < 4.78 is 4.04. The van der Waals surface area contributed by atoms with Crippen LogP contribution in [0.3, 0.4) is 0 Å². The summed E-state index contributed by atoms with van der Waals surface area (Å²) in [6.07, 6.45) is 2.03. The van der Waals surface area contributed by atoms with Crippen LogP contribution >= 0.6 is 11.5 Å². The van der Waals surface area contributed by atoms with Crippen molar-refractivity contribution in [1.82, 2.24) is 14.5 Å². The molecule has 112 valence electrons. The van der Waals surface area contributed by atoms with E-state index in [0.717, 1.165) is 31.6 Å².